The first-order chi connectivity index (χ1) is 14.0. The molecule has 2 unspecified atom stereocenters. The van der Waals surface area contributed by atoms with Gasteiger partial charge in [0, 0.05) is 11.8 Å². The van der Waals surface area contributed by atoms with Gasteiger partial charge in [-0.05, 0) is 44.0 Å². The van der Waals surface area contributed by atoms with Gasteiger partial charge >= 0.3 is 0 Å². The number of nitrogens with one attached hydrogen (secondary N) is 2. The minimum absolute atomic E-state index is 0.0253. The number of phenols is 1. The van der Waals surface area contributed by atoms with Crippen molar-refractivity contribution in [1.29, 1.82) is 0 Å². The number of amidine groups is 1. The summed E-state index contributed by atoms with van der Waals surface area (Å²) < 4.78 is 15.2. The van der Waals surface area contributed by atoms with E-state index < -0.39 is 5.82 Å². The molecule has 2 aromatic heterocycles. The van der Waals surface area contributed by atoms with E-state index in [-0.39, 0.29) is 18.0 Å². The van der Waals surface area contributed by atoms with Gasteiger partial charge < -0.3 is 10.4 Å². The Morgan fingerprint density at radius 2 is 2.24 bits per heavy atom. The van der Waals surface area contributed by atoms with Gasteiger partial charge in [-0.1, -0.05) is 13.3 Å². The molecular weight excluding hydrogens is 375 g/mol. The highest BCUT2D eigenvalue weighted by molar-refractivity contribution is 6.03. The first-order valence-electron chi connectivity index (χ1n) is 9.64. The molecule has 0 radical (unpaired) electrons. The van der Waals surface area contributed by atoms with Gasteiger partial charge in [0.15, 0.2) is 17.7 Å². The molecule has 0 bridgehead atoms. The third-order valence-corrected chi connectivity index (χ3v) is 4.81. The second kappa shape index (κ2) is 8.04. The summed E-state index contributed by atoms with van der Waals surface area (Å²) in [7, 11) is 0. The van der Waals surface area contributed by atoms with E-state index in [2.05, 4.69) is 32.8 Å². The van der Waals surface area contributed by atoms with Gasteiger partial charge in [-0.3, -0.25) is 0 Å². The third kappa shape index (κ3) is 4.00. The summed E-state index contributed by atoms with van der Waals surface area (Å²) in [4.78, 5) is 14.7. The molecule has 0 saturated carbocycles. The van der Waals surface area contributed by atoms with Gasteiger partial charge in [0.2, 0.25) is 0 Å². The van der Waals surface area contributed by atoms with Crippen molar-refractivity contribution in [1.82, 2.24) is 20.1 Å². The molecule has 29 heavy (non-hydrogen) atoms. The maximum absolute atomic E-state index is 13.5. The summed E-state index contributed by atoms with van der Waals surface area (Å²) in [6.07, 6.45) is 6.22. The van der Waals surface area contributed by atoms with Crippen LogP contribution in [-0.2, 0) is 4.84 Å². The minimum atomic E-state index is -0.407. The number of fused-ring (bicyclic) bond motifs is 1. The van der Waals surface area contributed by atoms with Crippen LogP contribution in [0, 0.1) is 5.82 Å². The molecule has 8 nitrogen and oxygen atoms in total. The van der Waals surface area contributed by atoms with E-state index in [1.54, 1.807) is 23.0 Å². The van der Waals surface area contributed by atoms with Crippen molar-refractivity contribution < 1.29 is 14.3 Å². The van der Waals surface area contributed by atoms with Crippen molar-refractivity contribution in [3.63, 3.8) is 0 Å². The van der Waals surface area contributed by atoms with E-state index in [0.29, 0.717) is 22.9 Å². The van der Waals surface area contributed by atoms with Crippen LogP contribution in [0.25, 0.3) is 5.65 Å². The summed E-state index contributed by atoms with van der Waals surface area (Å²) in [5.74, 6) is 0.784. The number of rotatable bonds is 7. The number of benzene rings is 1. The Kier molecular flexibility index (Phi) is 5.30. The standard InChI is InChI=1S/C20H23FN6O2/c1-3-4-5-18-25-19(26-29-18)15-11-22-27-9-8-17(24-20(15)27)23-12(2)14-10-13(21)6-7-16(14)28/h6-12,18,28H,3-5H2,1-2H3,(H,23,24)(H,25,26). The Hall–Kier alpha value is -3.20. The molecule has 3 aromatic rings. The van der Waals surface area contributed by atoms with Crippen LogP contribution in [0.1, 0.15) is 50.3 Å². The molecule has 1 aliphatic heterocycles. The zero-order valence-electron chi connectivity index (χ0n) is 16.3. The number of nitrogens with zero attached hydrogens (tertiary/aromatic N) is 4. The molecule has 1 aromatic carbocycles. The van der Waals surface area contributed by atoms with Crippen LogP contribution in [0.4, 0.5) is 10.2 Å². The summed E-state index contributed by atoms with van der Waals surface area (Å²) in [6, 6.07) is 5.28. The predicted octanol–water partition coefficient (Wildman–Crippen LogP) is 3.54. The quantitative estimate of drug-likeness (QED) is 0.563. The number of anilines is 1. The number of phenolic OH excluding ortho intramolecular Hbond substituents is 1. The second-order valence-corrected chi connectivity index (χ2v) is 7.00. The largest absolute Gasteiger partial charge is 0.508 e. The SMILES string of the molecule is CCCCC1N=C(c2cnn3ccc(NC(C)c4cc(F)ccc4O)nc23)NO1. The Morgan fingerprint density at radius 1 is 1.38 bits per heavy atom. The van der Waals surface area contributed by atoms with E-state index in [0.717, 1.165) is 24.8 Å². The average Bonchev–Trinajstić information content (AvgIpc) is 3.34. The molecule has 1 aliphatic rings. The zero-order valence-corrected chi connectivity index (χ0v) is 16.3. The van der Waals surface area contributed by atoms with Crippen LogP contribution < -0.4 is 10.8 Å². The molecule has 4 rings (SSSR count). The maximum atomic E-state index is 13.5. The molecule has 0 fully saturated rings. The van der Waals surface area contributed by atoms with Gasteiger partial charge in [-0.2, -0.15) is 5.10 Å². The van der Waals surface area contributed by atoms with Crippen LogP contribution in [0.3, 0.4) is 0 Å². The number of aromatic hydroxyl groups is 1. The Bertz CT molecular complexity index is 1050. The van der Waals surface area contributed by atoms with Gasteiger partial charge in [-0.25, -0.2) is 29.2 Å². The lowest BCUT2D eigenvalue weighted by Crippen LogP contribution is -2.19. The van der Waals surface area contributed by atoms with Gasteiger partial charge in [0.25, 0.3) is 0 Å². The first kappa shape index (κ1) is 19.1. The lowest BCUT2D eigenvalue weighted by atomic mass is 10.1. The molecule has 152 valence electrons. The number of halogens is 1. The van der Waals surface area contributed by atoms with Gasteiger partial charge in [-0.15, -0.1) is 0 Å². The molecule has 3 heterocycles. The molecule has 0 saturated heterocycles. The number of hydrogen-bond donors (Lipinski definition) is 3. The molecule has 3 N–H and O–H groups in total. The van der Waals surface area contributed by atoms with Crippen molar-refractivity contribution in [3.05, 3.63) is 53.6 Å². The Morgan fingerprint density at radius 3 is 3.07 bits per heavy atom. The zero-order chi connectivity index (χ0) is 20.4. The summed E-state index contributed by atoms with van der Waals surface area (Å²) >= 11 is 0. The molecule has 0 aliphatic carbocycles. The monoisotopic (exact) mass is 398 g/mol. The number of unbranched alkanes of at least 4 members (excludes halogenated alkanes) is 1. The fourth-order valence-electron chi connectivity index (χ4n) is 3.24. The molecule has 0 spiro atoms. The summed E-state index contributed by atoms with van der Waals surface area (Å²) in [5, 5.41) is 17.5. The normalized spacial score (nSPS) is 17.2. The van der Waals surface area contributed by atoms with Crippen molar-refractivity contribution in [2.75, 3.05) is 5.32 Å². The highest BCUT2D eigenvalue weighted by Gasteiger charge is 2.22. The van der Waals surface area contributed by atoms with E-state index in [9.17, 15) is 9.50 Å². The van der Waals surface area contributed by atoms with E-state index >= 15 is 0 Å². The smallest absolute Gasteiger partial charge is 0.177 e. The van der Waals surface area contributed by atoms with E-state index in [1.165, 1.54) is 18.2 Å². The number of hydroxylamine groups is 1. The lowest BCUT2D eigenvalue weighted by molar-refractivity contribution is 0.0322. The van der Waals surface area contributed by atoms with Crippen molar-refractivity contribution >= 4 is 17.3 Å². The highest BCUT2D eigenvalue weighted by atomic mass is 19.1. The first-order valence-corrected chi connectivity index (χ1v) is 9.64. The van der Waals surface area contributed by atoms with Crippen LogP contribution in [-0.4, -0.2) is 31.8 Å². The van der Waals surface area contributed by atoms with Crippen molar-refractivity contribution in [2.45, 2.75) is 45.4 Å². The van der Waals surface area contributed by atoms with Crippen molar-refractivity contribution in [3.8, 4) is 5.75 Å². The highest BCUT2D eigenvalue weighted by Crippen LogP contribution is 2.27. The number of hydrogen-bond acceptors (Lipinski definition) is 7. The average molecular weight is 398 g/mol. The van der Waals surface area contributed by atoms with Crippen LogP contribution in [0.2, 0.25) is 0 Å². The number of aliphatic imine (C=N–C) groups is 1. The van der Waals surface area contributed by atoms with Crippen LogP contribution in [0.15, 0.2) is 41.7 Å². The molecule has 2 atom stereocenters. The molecular formula is C20H23FN6O2. The fourth-order valence-corrected chi connectivity index (χ4v) is 3.24. The number of aromatic nitrogens is 3. The third-order valence-electron chi connectivity index (χ3n) is 4.81. The maximum Gasteiger partial charge on any atom is 0.177 e. The van der Waals surface area contributed by atoms with E-state index in [4.69, 9.17) is 4.84 Å². The minimum Gasteiger partial charge on any atom is -0.508 e. The predicted molar refractivity (Wildman–Crippen MR) is 107 cm³/mol. The Balaban J connectivity index is 1.58. The summed E-state index contributed by atoms with van der Waals surface area (Å²) in [6.45, 7) is 3.95. The second-order valence-electron chi connectivity index (χ2n) is 7.00. The molecule has 9 heteroatoms. The van der Waals surface area contributed by atoms with E-state index in [1.807, 2.05) is 6.92 Å². The van der Waals surface area contributed by atoms with Crippen molar-refractivity contribution in [2.24, 2.45) is 4.99 Å². The topological polar surface area (TPSA) is 96.1 Å². The van der Waals surface area contributed by atoms with Crippen LogP contribution >= 0.6 is 0 Å². The summed E-state index contributed by atoms with van der Waals surface area (Å²) in [5.41, 5.74) is 4.66. The van der Waals surface area contributed by atoms with Gasteiger partial charge in [0.1, 0.15) is 17.4 Å². The Labute approximate surface area is 167 Å². The fraction of sp³-hybridized carbons (Fsp3) is 0.350. The lowest BCUT2D eigenvalue weighted by Gasteiger charge is -2.16. The van der Waals surface area contributed by atoms with Gasteiger partial charge in [0.05, 0.1) is 17.8 Å². The molecule has 0 amide bonds. The van der Waals surface area contributed by atoms with Crippen LogP contribution in [0.5, 0.6) is 5.75 Å².